The standard InChI is InChI=1S/C12H17ClN2O2/c1-5-15(3)12(16)14-10-6-8(2)9(13)7-11(10)17-4/h6-7H,5H2,1-4H3,(H,14,16). The molecule has 1 aromatic carbocycles. The highest BCUT2D eigenvalue weighted by atomic mass is 35.5. The second kappa shape index (κ2) is 5.77. The number of hydrogen-bond acceptors (Lipinski definition) is 2. The van der Waals surface area contributed by atoms with Crippen molar-refractivity contribution in [2.24, 2.45) is 0 Å². The van der Waals surface area contributed by atoms with Gasteiger partial charge in [0, 0.05) is 24.7 Å². The predicted molar refractivity (Wildman–Crippen MR) is 70.1 cm³/mol. The van der Waals surface area contributed by atoms with Crippen LogP contribution in [0.5, 0.6) is 5.75 Å². The fourth-order valence-electron chi connectivity index (χ4n) is 1.28. The minimum atomic E-state index is -0.174. The smallest absolute Gasteiger partial charge is 0.321 e. The van der Waals surface area contributed by atoms with Crippen molar-refractivity contribution in [3.63, 3.8) is 0 Å². The van der Waals surface area contributed by atoms with Crippen molar-refractivity contribution < 1.29 is 9.53 Å². The molecule has 0 spiro atoms. The van der Waals surface area contributed by atoms with Crippen LogP contribution in [0, 0.1) is 6.92 Å². The van der Waals surface area contributed by atoms with Gasteiger partial charge in [0.15, 0.2) is 0 Å². The van der Waals surface area contributed by atoms with Crippen molar-refractivity contribution >= 4 is 23.3 Å². The molecule has 17 heavy (non-hydrogen) atoms. The lowest BCUT2D eigenvalue weighted by atomic mass is 10.2. The first-order valence-corrected chi connectivity index (χ1v) is 5.73. The van der Waals surface area contributed by atoms with Gasteiger partial charge in [0.25, 0.3) is 0 Å². The number of carbonyl (C=O) groups is 1. The summed E-state index contributed by atoms with van der Waals surface area (Å²) in [5.74, 6) is 0.554. The van der Waals surface area contributed by atoms with Crippen LogP contribution in [0.4, 0.5) is 10.5 Å². The third-order valence-electron chi connectivity index (χ3n) is 2.54. The molecule has 0 fully saturated rings. The van der Waals surface area contributed by atoms with Crippen LogP contribution in [0.1, 0.15) is 12.5 Å². The number of nitrogens with one attached hydrogen (secondary N) is 1. The topological polar surface area (TPSA) is 41.6 Å². The number of benzene rings is 1. The molecule has 2 amide bonds. The summed E-state index contributed by atoms with van der Waals surface area (Å²) in [5, 5.41) is 3.40. The minimum absolute atomic E-state index is 0.174. The number of anilines is 1. The third-order valence-corrected chi connectivity index (χ3v) is 2.95. The fraction of sp³-hybridized carbons (Fsp3) is 0.417. The Balaban J connectivity index is 2.97. The molecule has 0 aliphatic rings. The molecular weight excluding hydrogens is 240 g/mol. The van der Waals surface area contributed by atoms with E-state index in [4.69, 9.17) is 16.3 Å². The van der Waals surface area contributed by atoms with E-state index in [2.05, 4.69) is 5.32 Å². The van der Waals surface area contributed by atoms with Crippen LogP contribution in [0.25, 0.3) is 0 Å². The molecule has 0 aliphatic carbocycles. The van der Waals surface area contributed by atoms with Crippen LogP contribution < -0.4 is 10.1 Å². The molecule has 1 N–H and O–H groups in total. The summed E-state index contributed by atoms with van der Waals surface area (Å²) < 4.78 is 5.18. The van der Waals surface area contributed by atoms with Crippen molar-refractivity contribution in [2.75, 3.05) is 26.0 Å². The Labute approximate surface area is 107 Å². The van der Waals surface area contributed by atoms with Gasteiger partial charge in [-0.3, -0.25) is 0 Å². The molecule has 0 radical (unpaired) electrons. The molecule has 1 aromatic rings. The molecular formula is C12H17ClN2O2. The second-order valence-electron chi connectivity index (χ2n) is 3.75. The van der Waals surface area contributed by atoms with Crippen LogP contribution in [-0.2, 0) is 0 Å². The molecule has 0 bridgehead atoms. The number of rotatable bonds is 3. The highest BCUT2D eigenvalue weighted by molar-refractivity contribution is 6.31. The summed E-state index contributed by atoms with van der Waals surface area (Å²) in [6.45, 7) is 4.42. The van der Waals surface area contributed by atoms with E-state index in [1.54, 1.807) is 31.2 Å². The summed E-state index contributed by atoms with van der Waals surface area (Å²) in [6, 6.07) is 3.31. The van der Waals surface area contributed by atoms with Gasteiger partial charge in [0.1, 0.15) is 5.75 Å². The third kappa shape index (κ3) is 3.27. The maximum absolute atomic E-state index is 11.7. The van der Waals surface area contributed by atoms with Crippen molar-refractivity contribution in [3.05, 3.63) is 22.7 Å². The van der Waals surface area contributed by atoms with Crippen molar-refractivity contribution in [2.45, 2.75) is 13.8 Å². The zero-order valence-corrected chi connectivity index (χ0v) is 11.3. The maximum Gasteiger partial charge on any atom is 0.321 e. The second-order valence-corrected chi connectivity index (χ2v) is 4.15. The minimum Gasteiger partial charge on any atom is -0.495 e. The zero-order valence-electron chi connectivity index (χ0n) is 10.5. The Bertz CT molecular complexity index is 421. The first-order valence-electron chi connectivity index (χ1n) is 5.35. The van der Waals surface area contributed by atoms with Gasteiger partial charge in [0.2, 0.25) is 0 Å². The predicted octanol–water partition coefficient (Wildman–Crippen LogP) is 3.14. The van der Waals surface area contributed by atoms with E-state index in [0.29, 0.717) is 23.0 Å². The van der Waals surface area contributed by atoms with E-state index in [9.17, 15) is 4.79 Å². The van der Waals surface area contributed by atoms with E-state index < -0.39 is 0 Å². The molecule has 5 heteroatoms. The number of methoxy groups -OCH3 is 1. The SMILES string of the molecule is CCN(C)C(=O)Nc1cc(C)c(Cl)cc1OC. The normalized spacial score (nSPS) is 9.94. The summed E-state index contributed by atoms with van der Waals surface area (Å²) in [5.41, 5.74) is 1.52. The quantitative estimate of drug-likeness (QED) is 0.903. The summed E-state index contributed by atoms with van der Waals surface area (Å²) in [7, 11) is 3.27. The number of amides is 2. The fourth-order valence-corrected chi connectivity index (χ4v) is 1.44. The van der Waals surface area contributed by atoms with Crippen LogP contribution >= 0.6 is 11.6 Å². The van der Waals surface area contributed by atoms with Gasteiger partial charge in [-0.05, 0) is 25.5 Å². The molecule has 1 rings (SSSR count). The Kier molecular flexibility index (Phi) is 4.63. The van der Waals surface area contributed by atoms with Gasteiger partial charge in [-0.15, -0.1) is 0 Å². The zero-order chi connectivity index (χ0) is 13.0. The molecule has 94 valence electrons. The molecule has 0 aromatic heterocycles. The van der Waals surface area contributed by atoms with Crippen LogP contribution in [0.15, 0.2) is 12.1 Å². The number of ether oxygens (including phenoxy) is 1. The first kappa shape index (κ1) is 13.6. The van der Waals surface area contributed by atoms with E-state index in [0.717, 1.165) is 5.56 Å². The number of hydrogen-bond donors (Lipinski definition) is 1. The first-order chi connectivity index (χ1) is 7.99. The number of aryl methyl sites for hydroxylation is 1. The van der Waals surface area contributed by atoms with Crippen LogP contribution in [0.2, 0.25) is 5.02 Å². The van der Waals surface area contributed by atoms with Crippen molar-refractivity contribution in [3.8, 4) is 5.75 Å². The number of urea groups is 1. The van der Waals surface area contributed by atoms with Gasteiger partial charge in [-0.25, -0.2) is 4.79 Å². The van der Waals surface area contributed by atoms with Crippen LogP contribution in [-0.4, -0.2) is 31.6 Å². The Hall–Kier alpha value is -1.42. The van der Waals surface area contributed by atoms with Crippen molar-refractivity contribution in [1.82, 2.24) is 4.90 Å². The maximum atomic E-state index is 11.7. The average molecular weight is 257 g/mol. The lowest BCUT2D eigenvalue weighted by Crippen LogP contribution is -2.31. The number of nitrogens with zero attached hydrogens (tertiary/aromatic N) is 1. The van der Waals surface area contributed by atoms with E-state index >= 15 is 0 Å². The van der Waals surface area contributed by atoms with Gasteiger partial charge in [0.05, 0.1) is 12.8 Å². The van der Waals surface area contributed by atoms with E-state index in [-0.39, 0.29) is 6.03 Å². The van der Waals surface area contributed by atoms with Gasteiger partial charge in [-0.1, -0.05) is 11.6 Å². The van der Waals surface area contributed by atoms with Crippen molar-refractivity contribution in [1.29, 1.82) is 0 Å². The van der Waals surface area contributed by atoms with E-state index in [1.165, 1.54) is 0 Å². The monoisotopic (exact) mass is 256 g/mol. The van der Waals surface area contributed by atoms with Gasteiger partial charge < -0.3 is 15.0 Å². The lowest BCUT2D eigenvalue weighted by molar-refractivity contribution is 0.224. The largest absolute Gasteiger partial charge is 0.495 e. The average Bonchev–Trinajstić information content (AvgIpc) is 2.32. The molecule has 0 saturated carbocycles. The van der Waals surface area contributed by atoms with Gasteiger partial charge in [-0.2, -0.15) is 0 Å². The molecule has 0 saturated heterocycles. The summed E-state index contributed by atoms with van der Waals surface area (Å²) >= 11 is 5.99. The highest BCUT2D eigenvalue weighted by Gasteiger charge is 2.12. The summed E-state index contributed by atoms with van der Waals surface area (Å²) in [6.07, 6.45) is 0. The van der Waals surface area contributed by atoms with Gasteiger partial charge >= 0.3 is 6.03 Å². The van der Waals surface area contributed by atoms with Crippen LogP contribution in [0.3, 0.4) is 0 Å². The van der Waals surface area contributed by atoms with E-state index in [1.807, 2.05) is 13.8 Å². The number of halogens is 1. The number of carbonyl (C=O) groups excluding carboxylic acids is 1. The molecule has 0 heterocycles. The summed E-state index contributed by atoms with van der Waals surface area (Å²) in [4.78, 5) is 13.3. The Morgan fingerprint density at radius 3 is 2.71 bits per heavy atom. The molecule has 0 atom stereocenters. The highest BCUT2D eigenvalue weighted by Crippen LogP contribution is 2.30. The Morgan fingerprint density at radius 1 is 1.53 bits per heavy atom. The molecule has 4 nitrogen and oxygen atoms in total. The Morgan fingerprint density at radius 2 is 2.18 bits per heavy atom. The molecule has 0 unspecified atom stereocenters. The lowest BCUT2D eigenvalue weighted by Gasteiger charge is -2.17. The molecule has 0 aliphatic heterocycles.